The van der Waals surface area contributed by atoms with E-state index in [-0.39, 0.29) is 5.91 Å². The lowest BCUT2D eigenvalue weighted by atomic mass is 10.2. The molecule has 1 aromatic heterocycles. The fourth-order valence-corrected chi connectivity index (χ4v) is 3.20. The van der Waals surface area contributed by atoms with Crippen LogP contribution in [0, 0.1) is 0 Å². The van der Waals surface area contributed by atoms with Gasteiger partial charge in [-0.2, -0.15) is 11.8 Å². The first-order chi connectivity index (χ1) is 9.20. The van der Waals surface area contributed by atoms with Crippen LogP contribution in [-0.4, -0.2) is 24.0 Å². The van der Waals surface area contributed by atoms with Crippen LogP contribution in [0.3, 0.4) is 0 Å². The Morgan fingerprint density at radius 2 is 2.32 bits per heavy atom. The maximum absolute atomic E-state index is 12.0. The molecule has 19 heavy (non-hydrogen) atoms. The van der Waals surface area contributed by atoms with E-state index in [1.807, 2.05) is 30.3 Å². The summed E-state index contributed by atoms with van der Waals surface area (Å²) in [5.74, 6) is 1.80. The molecule has 100 valence electrons. The van der Waals surface area contributed by atoms with Gasteiger partial charge in [0.25, 0.3) is 5.91 Å². The van der Waals surface area contributed by atoms with Gasteiger partial charge in [0.05, 0.1) is 4.88 Å². The molecule has 2 rings (SSSR count). The van der Waals surface area contributed by atoms with E-state index in [9.17, 15) is 4.79 Å². The third-order valence-corrected chi connectivity index (χ3v) is 4.61. The Hall–Kier alpha value is -1.46. The van der Waals surface area contributed by atoms with Crippen molar-refractivity contribution in [1.82, 2.24) is 5.32 Å². The van der Waals surface area contributed by atoms with E-state index >= 15 is 0 Å². The third-order valence-electron chi connectivity index (χ3n) is 2.53. The number of thioether (sulfide) groups is 1. The van der Waals surface area contributed by atoms with Crippen molar-refractivity contribution in [2.24, 2.45) is 0 Å². The van der Waals surface area contributed by atoms with Gasteiger partial charge < -0.3 is 11.1 Å². The van der Waals surface area contributed by atoms with Gasteiger partial charge in [0, 0.05) is 28.4 Å². The van der Waals surface area contributed by atoms with Gasteiger partial charge in [-0.15, -0.1) is 17.9 Å². The molecule has 5 heteroatoms. The average molecular weight is 292 g/mol. The number of carbonyl (C=O) groups excluding carboxylic acids is 1. The van der Waals surface area contributed by atoms with Crippen LogP contribution in [0.5, 0.6) is 0 Å². The number of rotatable bonds is 6. The fraction of sp³-hybridized carbons (Fsp3) is 0.214. The molecule has 0 unspecified atom stereocenters. The van der Waals surface area contributed by atoms with Gasteiger partial charge in [-0.1, -0.05) is 6.08 Å². The predicted molar refractivity (Wildman–Crippen MR) is 86.1 cm³/mol. The van der Waals surface area contributed by atoms with E-state index in [1.54, 1.807) is 11.8 Å². The molecule has 0 atom stereocenters. The van der Waals surface area contributed by atoms with E-state index in [2.05, 4.69) is 11.9 Å². The Kier molecular flexibility index (Phi) is 4.87. The molecule has 3 nitrogen and oxygen atoms in total. The first kappa shape index (κ1) is 14.0. The number of nitrogen functional groups attached to an aromatic ring is 1. The molecule has 0 aliphatic carbocycles. The van der Waals surface area contributed by atoms with Crippen molar-refractivity contribution in [3.05, 3.63) is 41.8 Å². The van der Waals surface area contributed by atoms with Crippen molar-refractivity contribution in [2.75, 3.05) is 23.8 Å². The Morgan fingerprint density at radius 1 is 1.47 bits per heavy atom. The minimum absolute atomic E-state index is 0.0148. The lowest BCUT2D eigenvalue weighted by Crippen LogP contribution is -2.24. The van der Waals surface area contributed by atoms with Crippen LogP contribution in [0.25, 0.3) is 10.1 Å². The number of fused-ring (bicyclic) bond motifs is 1. The van der Waals surface area contributed by atoms with Crippen molar-refractivity contribution in [3.8, 4) is 0 Å². The smallest absolute Gasteiger partial charge is 0.261 e. The SMILES string of the molecule is C=CCSCCNC(=O)c1cc2cc(N)ccc2s1. The average Bonchev–Trinajstić information content (AvgIpc) is 2.81. The summed E-state index contributed by atoms with van der Waals surface area (Å²) in [4.78, 5) is 12.7. The summed E-state index contributed by atoms with van der Waals surface area (Å²) < 4.78 is 1.08. The Balaban J connectivity index is 1.95. The van der Waals surface area contributed by atoms with Crippen molar-refractivity contribution in [3.63, 3.8) is 0 Å². The quantitative estimate of drug-likeness (QED) is 0.488. The van der Waals surface area contributed by atoms with Crippen molar-refractivity contribution >= 4 is 44.8 Å². The normalized spacial score (nSPS) is 10.5. The number of thiophene rings is 1. The summed E-state index contributed by atoms with van der Waals surface area (Å²) in [6.45, 7) is 4.33. The molecule has 3 N–H and O–H groups in total. The van der Waals surface area contributed by atoms with Gasteiger partial charge in [0.2, 0.25) is 0 Å². The molecule has 0 saturated heterocycles. The first-order valence-electron chi connectivity index (χ1n) is 5.96. The number of hydrogen-bond acceptors (Lipinski definition) is 4. The molecular weight excluding hydrogens is 276 g/mol. The van der Waals surface area contributed by atoms with Crippen LogP contribution in [-0.2, 0) is 0 Å². The molecule has 1 heterocycles. The number of nitrogens with one attached hydrogen (secondary N) is 1. The maximum Gasteiger partial charge on any atom is 0.261 e. The van der Waals surface area contributed by atoms with Gasteiger partial charge in [-0.05, 0) is 29.7 Å². The van der Waals surface area contributed by atoms with Gasteiger partial charge in [-0.3, -0.25) is 4.79 Å². The van der Waals surface area contributed by atoms with Crippen LogP contribution in [0.4, 0.5) is 5.69 Å². The summed E-state index contributed by atoms with van der Waals surface area (Å²) in [7, 11) is 0. The second kappa shape index (κ2) is 6.63. The standard InChI is InChI=1S/C14H16N2OS2/c1-2-6-18-7-5-16-14(17)13-9-10-8-11(15)3-4-12(10)19-13/h2-4,8-9H,1,5-7,15H2,(H,16,17). The Bertz CT molecular complexity index is 592. The highest BCUT2D eigenvalue weighted by molar-refractivity contribution is 7.99. The highest BCUT2D eigenvalue weighted by Crippen LogP contribution is 2.27. The molecule has 0 aliphatic rings. The lowest BCUT2D eigenvalue weighted by molar-refractivity contribution is 0.0960. The highest BCUT2D eigenvalue weighted by Gasteiger charge is 2.09. The molecule has 0 fully saturated rings. The van der Waals surface area contributed by atoms with Gasteiger partial charge in [0.1, 0.15) is 0 Å². The molecule has 0 aliphatic heterocycles. The first-order valence-corrected chi connectivity index (χ1v) is 7.94. The molecule has 0 saturated carbocycles. The van der Waals surface area contributed by atoms with Crippen LogP contribution in [0.15, 0.2) is 36.9 Å². The van der Waals surface area contributed by atoms with E-state index in [4.69, 9.17) is 5.73 Å². The van der Waals surface area contributed by atoms with Gasteiger partial charge in [-0.25, -0.2) is 0 Å². The van der Waals surface area contributed by atoms with E-state index in [0.29, 0.717) is 6.54 Å². The topological polar surface area (TPSA) is 55.1 Å². The Labute approximate surface area is 120 Å². The Morgan fingerprint density at radius 3 is 3.11 bits per heavy atom. The minimum Gasteiger partial charge on any atom is -0.399 e. The summed E-state index contributed by atoms with van der Waals surface area (Å²) in [6, 6.07) is 7.59. The van der Waals surface area contributed by atoms with Crippen LogP contribution in [0.1, 0.15) is 9.67 Å². The second-order valence-electron chi connectivity index (χ2n) is 4.03. The molecular formula is C14H16N2OS2. The van der Waals surface area contributed by atoms with E-state index in [0.717, 1.165) is 32.2 Å². The molecule has 1 aromatic carbocycles. The number of anilines is 1. The fourth-order valence-electron chi connectivity index (χ4n) is 1.66. The molecule has 0 radical (unpaired) electrons. The van der Waals surface area contributed by atoms with Crippen molar-refractivity contribution in [1.29, 1.82) is 0 Å². The number of hydrogen-bond donors (Lipinski definition) is 2. The zero-order chi connectivity index (χ0) is 13.7. The number of benzene rings is 1. The zero-order valence-electron chi connectivity index (χ0n) is 10.5. The summed E-state index contributed by atoms with van der Waals surface area (Å²) in [5, 5.41) is 3.94. The monoisotopic (exact) mass is 292 g/mol. The van der Waals surface area contributed by atoms with Gasteiger partial charge in [0.15, 0.2) is 0 Å². The summed E-state index contributed by atoms with van der Waals surface area (Å²) >= 11 is 3.24. The minimum atomic E-state index is -0.0148. The van der Waals surface area contributed by atoms with Crippen LogP contribution in [0.2, 0.25) is 0 Å². The van der Waals surface area contributed by atoms with Gasteiger partial charge >= 0.3 is 0 Å². The molecule has 0 bridgehead atoms. The number of amides is 1. The van der Waals surface area contributed by atoms with Crippen molar-refractivity contribution < 1.29 is 4.79 Å². The van der Waals surface area contributed by atoms with Crippen LogP contribution >= 0.6 is 23.1 Å². The van der Waals surface area contributed by atoms with Crippen molar-refractivity contribution in [2.45, 2.75) is 0 Å². The zero-order valence-corrected chi connectivity index (χ0v) is 12.2. The van der Waals surface area contributed by atoms with Crippen LogP contribution < -0.4 is 11.1 Å². The highest BCUT2D eigenvalue weighted by atomic mass is 32.2. The molecule has 1 amide bonds. The number of nitrogens with two attached hydrogens (primary N) is 1. The lowest BCUT2D eigenvalue weighted by Gasteiger charge is -2.01. The molecule has 2 aromatic rings. The predicted octanol–water partition coefficient (Wildman–Crippen LogP) is 3.13. The number of carbonyl (C=O) groups is 1. The molecule has 0 spiro atoms. The second-order valence-corrected chi connectivity index (χ2v) is 6.26. The van der Waals surface area contributed by atoms with E-state index < -0.39 is 0 Å². The maximum atomic E-state index is 12.0. The largest absolute Gasteiger partial charge is 0.399 e. The third kappa shape index (κ3) is 3.75. The summed E-state index contributed by atoms with van der Waals surface area (Å²) in [5.41, 5.74) is 6.45. The van der Waals surface area contributed by atoms with E-state index in [1.165, 1.54) is 11.3 Å². The summed E-state index contributed by atoms with van der Waals surface area (Å²) in [6.07, 6.45) is 1.86.